The fraction of sp³-hybridized carbons (Fsp3) is 0.217. The first-order valence-corrected chi connectivity index (χ1v) is 23.4. The van der Waals surface area contributed by atoms with E-state index < -0.39 is 0 Å². The molecule has 11 rings (SSSR count). The second-order valence-electron chi connectivity index (χ2n) is 21.5. The second-order valence-corrected chi connectivity index (χ2v) is 21.5. The molecule has 0 unspecified atom stereocenters. The van der Waals surface area contributed by atoms with Crippen LogP contribution in [0.3, 0.4) is 0 Å². The molecule has 0 atom stereocenters. The van der Waals surface area contributed by atoms with Crippen molar-refractivity contribution in [2.24, 2.45) is 0 Å². The number of pyridine rings is 1. The van der Waals surface area contributed by atoms with Gasteiger partial charge in [0.1, 0.15) is 22.8 Å². The van der Waals surface area contributed by atoms with Gasteiger partial charge < -0.3 is 9.32 Å². The topological polar surface area (TPSA) is 35.8 Å². The number of para-hydroxylation sites is 2. The zero-order valence-corrected chi connectivity index (χ0v) is 39.9. The summed E-state index contributed by atoms with van der Waals surface area (Å²) in [6, 6.07) is 60.4. The summed E-state index contributed by atoms with van der Waals surface area (Å²) >= 11 is 0. The quantitative estimate of drug-likeness (QED) is 0.161. The molecule has 7 aromatic carbocycles. The summed E-state index contributed by atoms with van der Waals surface area (Å²) in [5, 5.41) is 2.23. The van der Waals surface area contributed by atoms with E-state index in [2.05, 4.69) is 248 Å². The van der Waals surface area contributed by atoms with Crippen molar-refractivity contribution in [3.8, 4) is 0 Å². The summed E-state index contributed by atoms with van der Waals surface area (Å²) in [5.74, 6) is 1.77. The normalized spacial score (nSPS) is 13.5. The van der Waals surface area contributed by atoms with E-state index >= 15 is 0 Å². The van der Waals surface area contributed by atoms with Gasteiger partial charge in [0, 0.05) is 56.7 Å². The van der Waals surface area contributed by atoms with E-state index in [1.165, 1.54) is 33.2 Å². The molecule has 2 aliphatic rings. The molecule has 0 saturated carbocycles. The van der Waals surface area contributed by atoms with Crippen molar-refractivity contribution >= 4 is 96.5 Å². The molecule has 2 aliphatic heterocycles. The van der Waals surface area contributed by atoms with Crippen LogP contribution in [-0.4, -0.2) is 11.7 Å². The SMILES string of the molecule is Cc1cc2c3c(c1)N(c1ccccc1)c1nc(N(c4ccc(C(C)(C)C)cc4)c4ccc(C(C)(C)C)cc4)ccc1B3c1cc3c(cc1N2c1ccc(C(C)(C)C)cc1)oc1ccccc13. The standard InChI is InChI=1S/C60H57BN4O/c1-38-34-51-56-52(35-38)65(42-16-12-11-13-17-42)57-48(32-33-55(62-57)63(43-26-20-39(21-27-43)58(2,3)4)44-28-22-40(23-29-44)59(5,6)7)61(56)49-36-47-46-18-14-15-19-53(46)66-54(47)37-50(49)64(51)45-30-24-41(25-31-45)60(8,9)10/h11-37H,1-10H3. The summed E-state index contributed by atoms with van der Waals surface area (Å²) in [6.07, 6.45) is 0. The van der Waals surface area contributed by atoms with Crippen molar-refractivity contribution in [2.75, 3.05) is 14.7 Å². The number of aromatic nitrogens is 1. The predicted molar refractivity (Wildman–Crippen MR) is 281 cm³/mol. The number of hydrogen-bond acceptors (Lipinski definition) is 5. The lowest BCUT2D eigenvalue weighted by atomic mass is 9.33. The van der Waals surface area contributed by atoms with E-state index in [1.54, 1.807) is 0 Å². The number of nitrogens with zero attached hydrogens (tertiary/aromatic N) is 4. The van der Waals surface area contributed by atoms with E-state index in [4.69, 9.17) is 9.40 Å². The Morgan fingerprint density at radius 3 is 1.59 bits per heavy atom. The van der Waals surface area contributed by atoms with Crippen molar-refractivity contribution in [1.29, 1.82) is 0 Å². The van der Waals surface area contributed by atoms with Crippen molar-refractivity contribution in [3.05, 3.63) is 186 Å². The van der Waals surface area contributed by atoms with E-state index in [0.29, 0.717) is 0 Å². The second kappa shape index (κ2) is 15.0. The van der Waals surface area contributed by atoms with Gasteiger partial charge in [0.15, 0.2) is 0 Å². The van der Waals surface area contributed by atoms with Crippen molar-refractivity contribution in [3.63, 3.8) is 0 Å². The number of furan rings is 1. The Kier molecular flexibility index (Phi) is 9.46. The summed E-state index contributed by atoms with van der Waals surface area (Å²) in [6.45, 7) is 22.5. The largest absolute Gasteiger partial charge is 0.456 e. The number of rotatable bonds is 5. The summed E-state index contributed by atoms with van der Waals surface area (Å²) in [5.41, 5.74) is 18.3. The molecule has 0 bridgehead atoms. The van der Waals surface area contributed by atoms with Gasteiger partial charge in [-0.2, -0.15) is 0 Å². The Labute approximate surface area is 390 Å². The van der Waals surface area contributed by atoms with Crippen LogP contribution in [-0.2, 0) is 16.2 Å². The maximum absolute atomic E-state index is 6.65. The lowest BCUT2D eigenvalue weighted by Gasteiger charge is -2.44. The molecule has 0 aliphatic carbocycles. The molecule has 9 aromatic rings. The highest BCUT2D eigenvalue weighted by Gasteiger charge is 2.45. The molecule has 0 fully saturated rings. The molecule has 6 heteroatoms. The van der Waals surface area contributed by atoms with Crippen LogP contribution in [0.25, 0.3) is 21.9 Å². The van der Waals surface area contributed by atoms with Crippen LogP contribution in [0.4, 0.5) is 51.4 Å². The first-order chi connectivity index (χ1) is 31.5. The van der Waals surface area contributed by atoms with E-state index in [-0.39, 0.29) is 23.0 Å². The molecule has 0 spiro atoms. The number of aryl methyl sites for hydroxylation is 1. The Hall–Kier alpha value is -7.05. The predicted octanol–water partition coefficient (Wildman–Crippen LogP) is 14.7. The molecule has 0 amide bonds. The van der Waals surface area contributed by atoms with Crippen LogP contribution < -0.4 is 31.1 Å². The van der Waals surface area contributed by atoms with Crippen molar-refractivity contribution in [1.82, 2.24) is 4.98 Å². The fourth-order valence-electron chi connectivity index (χ4n) is 10.2. The smallest absolute Gasteiger partial charge is 0.254 e. The molecular formula is C60H57BN4O. The van der Waals surface area contributed by atoms with Crippen LogP contribution in [0, 0.1) is 6.92 Å². The average Bonchev–Trinajstić information content (AvgIpc) is 3.65. The summed E-state index contributed by atoms with van der Waals surface area (Å²) in [7, 11) is 0. The molecule has 0 radical (unpaired) electrons. The van der Waals surface area contributed by atoms with Gasteiger partial charge in [-0.05, 0) is 135 Å². The zero-order valence-electron chi connectivity index (χ0n) is 39.9. The van der Waals surface area contributed by atoms with E-state index in [9.17, 15) is 0 Å². The first kappa shape index (κ1) is 41.6. The van der Waals surface area contributed by atoms with Gasteiger partial charge in [-0.3, -0.25) is 9.80 Å². The van der Waals surface area contributed by atoms with E-state index in [1.807, 2.05) is 0 Å². The van der Waals surface area contributed by atoms with Gasteiger partial charge in [-0.15, -0.1) is 0 Å². The highest BCUT2D eigenvalue weighted by Crippen LogP contribution is 2.47. The Balaban J connectivity index is 1.18. The van der Waals surface area contributed by atoms with Crippen LogP contribution >= 0.6 is 0 Å². The lowest BCUT2D eigenvalue weighted by Crippen LogP contribution is -2.61. The van der Waals surface area contributed by atoms with Gasteiger partial charge in [0.25, 0.3) is 6.71 Å². The molecule has 2 aromatic heterocycles. The van der Waals surface area contributed by atoms with Crippen molar-refractivity contribution < 1.29 is 4.42 Å². The minimum absolute atomic E-state index is 0.0262. The third kappa shape index (κ3) is 6.88. The fourth-order valence-corrected chi connectivity index (χ4v) is 10.2. The third-order valence-electron chi connectivity index (χ3n) is 13.8. The van der Waals surface area contributed by atoms with Crippen molar-refractivity contribution in [2.45, 2.75) is 85.5 Å². The van der Waals surface area contributed by atoms with Gasteiger partial charge in [0.05, 0.1) is 0 Å². The number of benzene rings is 7. The average molecular weight is 861 g/mol. The molecular weight excluding hydrogens is 803 g/mol. The summed E-state index contributed by atoms with van der Waals surface area (Å²) in [4.78, 5) is 13.0. The van der Waals surface area contributed by atoms with Gasteiger partial charge in [-0.1, -0.05) is 147 Å². The number of fused-ring (bicyclic) bond motifs is 7. The summed E-state index contributed by atoms with van der Waals surface area (Å²) < 4.78 is 6.65. The van der Waals surface area contributed by atoms with E-state index in [0.717, 1.165) is 78.8 Å². The third-order valence-corrected chi connectivity index (χ3v) is 13.8. The highest BCUT2D eigenvalue weighted by atomic mass is 16.3. The van der Waals surface area contributed by atoms with Gasteiger partial charge in [0.2, 0.25) is 0 Å². The van der Waals surface area contributed by atoms with Crippen LogP contribution in [0.2, 0.25) is 0 Å². The molecule has 326 valence electrons. The Morgan fingerprint density at radius 1 is 0.470 bits per heavy atom. The molecule has 66 heavy (non-hydrogen) atoms. The monoisotopic (exact) mass is 860 g/mol. The number of hydrogen-bond donors (Lipinski definition) is 0. The minimum Gasteiger partial charge on any atom is -0.456 e. The highest BCUT2D eigenvalue weighted by molar-refractivity contribution is 7.00. The first-order valence-electron chi connectivity index (χ1n) is 23.4. The van der Waals surface area contributed by atoms with Gasteiger partial charge in [-0.25, -0.2) is 4.98 Å². The minimum atomic E-state index is -0.115. The molecule has 0 saturated heterocycles. The zero-order chi connectivity index (χ0) is 45.9. The van der Waals surface area contributed by atoms with Crippen LogP contribution in [0.5, 0.6) is 0 Å². The van der Waals surface area contributed by atoms with Gasteiger partial charge >= 0.3 is 0 Å². The maximum atomic E-state index is 6.65. The molecule has 5 nitrogen and oxygen atoms in total. The lowest BCUT2D eigenvalue weighted by molar-refractivity contribution is 0.590. The molecule has 4 heterocycles. The van der Waals surface area contributed by atoms with Crippen LogP contribution in [0.15, 0.2) is 168 Å². The molecule has 0 N–H and O–H groups in total. The Morgan fingerprint density at radius 2 is 1.00 bits per heavy atom. The Bertz CT molecular complexity index is 3260. The van der Waals surface area contributed by atoms with Crippen LogP contribution in [0.1, 0.15) is 84.6 Å². The maximum Gasteiger partial charge on any atom is 0.254 e. The number of anilines is 9.